The SMILES string of the molecule is CC1=[N+](C)CCn2c1ccc2-c1ccccc1. The Morgan fingerprint density at radius 3 is 2.47 bits per heavy atom. The van der Waals surface area contributed by atoms with E-state index in [2.05, 4.69) is 65.6 Å². The van der Waals surface area contributed by atoms with Crippen LogP contribution in [0, 0.1) is 0 Å². The number of likely N-dealkylation sites (N-methyl/N-ethyl adjacent to an activating group) is 1. The molecule has 0 unspecified atom stereocenters. The van der Waals surface area contributed by atoms with Crippen LogP contribution in [0.4, 0.5) is 0 Å². The second kappa shape index (κ2) is 3.88. The maximum absolute atomic E-state index is 2.42. The maximum atomic E-state index is 2.42. The molecule has 0 spiro atoms. The maximum Gasteiger partial charge on any atom is 0.196 e. The fraction of sp³-hybridized carbons (Fsp3) is 0.267. The second-order valence-electron chi connectivity index (χ2n) is 4.63. The van der Waals surface area contributed by atoms with Gasteiger partial charge in [0.2, 0.25) is 0 Å². The van der Waals surface area contributed by atoms with Crippen molar-refractivity contribution in [2.45, 2.75) is 13.5 Å². The van der Waals surface area contributed by atoms with Crippen molar-refractivity contribution in [2.75, 3.05) is 13.6 Å². The summed E-state index contributed by atoms with van der Waals surface area (Å²) in [4.78, 5) is 0. The van der Waals surface area contributed by atoms with E-state index >= 15 is 0 Å². The molecule has 1 aliphatic heterocycles. The number of hydrogen-bond donors (Lipinski definition) is 0. The van der Waals surface area contributed by atoms with Crippen molar-refractivity contribution in [3.8, 4) is 11.3 Å². The molecule has 3 rings (SSSR count). The first kappa shape index (κ1) is 10.3. The number of rotatable bonds is 1. The van der Waals surface area contributed by atoms with E-state index in [0.717, 1.165) is 13.1 Å². The van der Waals surface area contributed by atoms with E-state index in [4.69, 9.17) is 0 Å². The smallest absolute Gasteiger partial charge is 0.196 e. The molecule has 0 fully saturated rings. The molecule has 2 nitrogen and oxygen atoms in total. The zero-order valence-electron chi connectivity index (χ0n) is 10.4. The van der Waals surface area contributed by atoms with Gasteiger partial charge in [-0.1, -0.05) is 30.3 Å². The lowest BCUT2D eigenvalue weighted by Gasteiger charge is -2.16. The van der Waals surface area contributed by atoms with Crippen LogP contribution in [0.25, 0.3) is 11.3 Å². The summed E-state index contributed by atoms with van der Waals surface area (Å²) in [6.07, 6.45) is 0. The minimum atomic E-state index is 1.07. The van der Waals surface area contributed by atoms with Gasteiger partial charge in [0.15, 0.2) is 12.3 Å². The Kier molecular flexibility index (Phi) is 2.36. The normalized spacial score (nSPS) is 14.9. The third-order valence-corrected chi connectivity index (χ3v) is 3.65. The van der Waals surface area contributed by atoms with Gasteiger partial charge in [0.1, 0.15) is 12.7 Å². The quantitative estimate of drug-likeness (QED) is 0.659. The van der Waals surface area contributed by atoms with Crippen molar-refractivity contribution in [2.24, 2.45) is 0 Å². The van der Waals surface area contributed by atoms with Gasteiger partial charge in [-0.3, -0.25) is 0 Å². The van der Waals surface area contributed by atoms with Gasteiger partial charge >= 0.3 is 0 Å². The summed E-state index contributed by atoms with van der Waals surface area (Å²) in [5.41, 5.74) is 5.33. The van der Waals surface area contributed by atoms with Gasteiger partial charge in [-0.15, -0.1) is 0 Å². The standard InChI is InChI=1S/C15H17N2/c1-12-14-8-9-15(13-6-4-3-5-7-13)17(14)11-10-16(12)2/h3-9H,10-11H2,1-2H3/q+1. The molecule has 17 heavy (non-hydrogen) atoms. The van der Waals surface area contributed by atoms with Gasteiger partial charge < -0.3 is 4.57 Å². The van der Waals surface area contributed by atoms with Crippen LogP contribution in [0.2, 0.25) is 0 Å². The summed E-state index contributed by atoms with van der Waals surface area (Å²) >= 11 is 0. The average molecular weight is 225 g/mol. The first-order valence-electron chi connectivity index (χ1n) is 6.07. The Bertz CT molecular complexity index is 576. The van der Waals surface area contributed by atoms with Gasteiger partial charge in [-0.25, -0.2) is 4.58 Å². The van der Waals surface area contributed by atoms with Crippen LogP contribution < -0.4 is 0 Å². The van der Waals surface area contributed by atoms with Crippen molar-refractivity contribution in [3.63, 3.8) is 0 Å². The molecule has 0 radical (unpaired) electrons. The highest BCUT2D eigenvalue weighted by molar-refractivity contribution is 5.94. The van der Waals surface area contributed by atoms with Crippen LogP contribution in [0.1, 0.15) is 12.6 Å². The molecule has 0 bridgehead atoms. The Balaban J connectivity index is 2.15. The topological polar surface area (TPSA) is 7.94 Å². The predicted molar refractivity (Wildman–Crippen MR) is 70.7 cm³/mol. The van der Waals surface area contributed by atoms with E-state index in [-0.39, 0.29) is 0 Å². The minimum Gasteiger partial charge on any atom is -0.330 e. The van der Waals surface area contributed by atoms with Crippen LogP contribution in [-0.4, -0.2) is 28.4 Å². The van der Waals surface area contributed by atoms with Crippen molar-refractivity contribution < 1.29 is 4.58 Å². The van der Waals surface area contributed by atoms with Crippen molar-refractivity contribution in [3.05, 3.63) is 48.2 Å². The molecule has 0 saturated heterocycles. The van der Waals surface area contributed by atoms with Gasteiger partial charge in [-0.05, 0) is 17.7 Å². The van der Waals surface area contributed by atoms with E-state index in [1.807, 2.05) is 0 Å². The van der Waals surface area contributed by atoms with Crippen molar-refractivity contribution in [1.29, 1.82) is 0 Å². The molecule has 2 heterocycles. The summed E-state index contributed by atoms with van der Waals surface area (Å²) in [7, 11) is 2.16. The highest BCUT2D eigenvalue weighted by Gasteiger charge is 2.21. The average Bonchev–Trinajstić information content (AvgIpc) is 2.79. The van der Waals surface area contributed by atoms with E-state index in [0.29, 0.717) is 0 Å². The Hall–Kier alpha value is -1.83. The summed E-state index contributed by atoms with van der Waals surface area (Å²) in [6, 6.07) is 15.1. The molecular weight excluding hydrogens is 208 g/mol. The summed E-state index contributed by atoms with van der Waals surface area (Å²) in [5, 5.41) is 0. The van der Waals surface area contributed by atoms with E-state index in [1.165, 1.54) is 22.7 Å². The van der Waals surface area contributed by atoms with Gasteiger partial charge in [0, 0.05) is 12.6 Å². The molecule has 0 saturated carbocycles. The third-order valence-electron chi connectivity index (χ3n) is 3.65. The van der Waals surface area contributed by atoms with Crippen LogP contribution in [0.15, 0.2) is 42.5 Å². The van der Waals surface area contributed by atoms with Gasteiger partial charge in [-0.2, -0.15) is 0 Å². The molecule has 2 heteroatoms. The zero-order chi connectivity index (χ0) is 11.8. The molecule has 2 aromatic rings. The van der Waals surface area contributed by atoms with Gasteiger partial charge in [0.05, 0.1) is 6.54 Å². The van der Waals surface area contributed by atoms with Crippen LogP contribution in [0.5, 0.6) is 0 Å². The molecular formula is C15H17N2+. The summed E-state index contributed by atoms with van der Waals surface area (Å²) in [6.45, 7) is 4.35. The number of benzene rings is 1. The first-order valence-corrected chi connectivity index (χ1v) is 6.07. The fourth-order valence-corrected chi connectivity index (χ4v) is 2.50. The summed E-state index contributed by atoms with van der Waals surface area (Å²) < 4.78 is 4.74. The second-order valence-corrected chi connectivity index (χ2v) is 4.63. The number of aromatic nitrogens is 1. The third kappa shape index (κ3) is 1.60. The summed E-state index contributed by atoms with van der Waals surface area (Å²) in [5.74, 6) is 0. The molecule has 0 amide bonds. The Labute approximate surface area is 102 Å². The van der Waals surface area contributed by atoms with Crippen LogP contribution >= 0.6 is 0 Å². The number of fused-ring (bicyclic) bond motifs is 1. The molecule has 0 N–H and O–H groups in total. The Morgan fingerprint density at radius 2 is 1.71 bits per heavy atom. The van der Waals surface area contributed by atoms with Gasteiger partial charge in [0.25, 0.3) is 0 Å². The molecule has 1 aliphatic rings. The lowest BCUT2D eigenvalue weighted by atomic mass is 10.1. The number of hydrogen-bond acceptors (Lipinski definition) is 0. The number of nitrogens with zero attached hydrogens (tertiary/aromatic N) is 2. The minimum absolute atomic E-state index is 1.07. The monoisotopic (exact) mass is 225 g/mol. The van der Waals surface area contributed by atoms with E-state index < -0.39 is 0 Å². The fourth-order valence-electron chi connectivity index (χ4n) is 2.50. The highest BCUT2D eigenvalue weighted by atomic mass is 15.1. The molecule has 86 valence electrons. The largest absolute Gasteiger partial charge is 0.330 e. The molecule has 1 aromatic carbocycles. The highest BCUT2D eigenvalue weighted by Crippen LogP contribution is 2.24. The first-order chi connectivity index (χ1) is 8.27. The van der Waals surface area contributed by atoms with Crippen molar-refractivity contribution >= 4 is 5.71 Å². The van der Waals surface area contributed by atoms with Crippen LogP contribution in [0.3, 0.4) is 0 Å². The van der Waals surface area contributed by atoms with Crippen molar-refractivity contribution in [1.82, 2.24) is 4.57 Å². The lowest BCUT2D eigenvalue weighted by Crippen LogP contribution is -2.29. The molecule has 0 atom stereocenters. The molecule has 0 aliphatic carbocycles. The molecule has 1 aromatic heterocycles. The Morgan fingerprint density at radius 1 is 1.00 bits per heavy atom. The van der Waals surface area contributed by atoms with Crippen LogP contribution in [-0.2, 0) is 6.54 Å². The van der Waals surface area contributed by atoms with E-state index in [1.54, 1.807) is 0 Å². The van der Waals surface area contributed by atoms with E-state index in [9.17, 15) is 0 Å². The lowest BCUT2D eigenvalue weighted by molar-refractivity contribution is -0.501. The predicted octanol–water partition coefficient (Wildman–Crippen LogP) is 2.62. The zero-order valence-corrected chi connectivity index (χ0v) is 10.4.